The van der Waals surface area contributed by atoms with Crippen molar-refractivity contribution in [1.82, 2.24) is 9.78 Å². The molecule has 1 rings (SSSR count). The Morgan fingerprint density at radius 2 is 1.89 bits per heavy atom. The zero-order chi connectivity index (χ0) is 13.8. The molecule has 0 aliphatic carbocycles. The Hall–Kier alpha value is -0.390. The Morgan fingerprint density at radius 1 is 1.28 bits per heavy atom. The monoisotopic (exact) mass is 318 g/mol. The highest BCUT2D eigenvalue weighted by Crippen LogP contribution is 2.32. The summed E-state index contributed by atoms with van der Waals surface area (Å²) in [5.74, 6) is 0. The van der Waals surface area contributed by atoms with Crippen molar-refractivity contribution in [2.75, 3.05) is 13.2 Å². The Morgan fingerprint density at radius 3 is 2.33 bits per heavy atom. The minimum Gasteiger partial charge on any atom is -0.396 e. The molecule has 0 spiro atoms. The number of aliphatic hydroxyl groups is 2. The van der Waals surface area contributed by atoms with E-state index in [4.69, 9.17) is 0 Å². The fourth-order valence-corrected chi connectivity index (χ4v) is 2.76. The van der Waals surface area contributed by atoms with Crippen LogP contribution in [0.3, 0.4) is 0 Å². The Kier molecular flexibility index (Phi) is 5.82. The summed E-state index contributed by atoms with van der Waals surface area (Å²) < 4.78 is 2.93. The lowest BCUT2D eigenvalue weighted by Crippen LogP contribution is -2.33. The number of hydrogen-bond donors (Lipinski definition) is 2. The Balaban J connectivity index is 3.07. The fraction of sp³-hybridized carbons (Fsp3) is 0.769. The van der Waals surface area contributed by atoms with E-state index in [0.29, 0.717) is 6.42 Å². The molecule has 0 aliphatic rings. The molecule has 104 valence electrons. The molecule has 0 unspecified atom stereocenters. The van der Waals surface area contributed by atoms with Gasteiger partial charge in [-0.2, -0.15) is 5.10 Å². The van der Waals surface area contributed by atoms with E-state index < -0.39 is 5.41 Å². The van der Waals surface area contributed by atoms with Crippen LogP contribution in [0.4, 0.5) is 0 Å². The molecule has 0 fully saturated rings. The van der Waals surface area contributed by atoms with Gasteiger partial charge in [0, 0.05) is 18.4 Å². The molecular weight excluding hydrogens is 296 g/mol. The van der Waals surface area contributed by atoms with Crippen molar-refractivity contribution in [1.29, 1.82) is 0 Å². The molecule has 0 aromatic carbocycles. The molecule has 0 bridgehead atoms. The molecule has 2 N–H and O–H groups in total. The lowest BCUT2D eigenvalue weighted by Gasteiger charge is -2.29. The largest absolute Gasteiger partial charge is 0.396 e. The van der Waals surface area contributed by atoms with Crippen LogP contribution in [-0.4, -0.2) is 33.2 Å². The van der Waals surface area contributed by atoms with Gasteiger partial charge in [-0.15, -0.1) is 0 Å². The number of hydrogen-bond acceptors (Lipinski definition) is 3. The van der Waals surface area contributed by atoms with Crippen LogP contribution < -0.4 is 0 Å². The van der Waals surface area contributed by atoms with E-state index in [1.807, 2.05) is 18.5 Å². The number of aromatic nitrogens is 2. The molecule has 4 nitrogen and oxygen atoms in total. The summed E-state index contributed by atoms with van der Waals surface area (Å²) in [6, 6.07) is 0. The summed E-state index contributed by atoms with van der Waals surface area (Å²) in [4.78, 5) is 0. The number of aliphatic hydroxyl groups excluding tert-OH is 2. The Bertz CT molecular complexity index is 387. The lowest BCUT2D eigenvalue weighted by atomic mass is 9.80. The van der Waals surface area contributed by atoms with Crippen molar-refractivity contribution in [3.05, 3.63) is 15.9 Å². The van der Waals surface area contributed by atoms with Crippen molar-refractivity contribution >= 4 is 15.9 Å². The van der Waals surface area contributed by atoms with Gasteiger partial charge in [0.2, 0.25) is 0 Å². The molecule has 5 heteroatoms. The summed E-state index contributed by atoms with van der Waals surface area (Å²) in [6.45, 7) is 6.86. The van der Waals surface area contributed by atoms with Gasteiger partial charge in [0.25, 0.3) is 0 Å². The number of rotatable bonds is 7. The van der Waals surface area contributed by atoms with Crippen LogP contribution in [0, 0.1) is 12.3 Å². The van der Waals surface area contributed by atoms with Gasteiger partial charge >= 0.3 is 0 Å². The zero-order valence-electron chi connectivity index (χ0n) is 11.4. The summed E-state index contributed by atoms with van der Waals surface area (Å²) in [5, 5.41) is 23.7. The van der Waals surface area contributed by atoms with Crippen LogP contribution in [0.2, 0.25) is 0 Å². The Labute approximate surface area is 117 Å². The minimum absolute atomic E-state index is 0.00226. The molecular formula is C13H23BrN2O2. The van der Waals surface area contributed by atoms with E-state index in [-0.39, 0.29) is 13.2 Å². The zero-order valence-corrected chi connectivity index (χ0v) is 13.0. The highest BCUT2D eigenvalue weighted by atomic mass is 79.9. The van der Waals surface area contributed by atoms with Crippen molar-refractivity contribution < 1.29 is 10.2 Å². The summed E-state index contributed by atoms with van der Waals surface area (Å²) >= 11 is 3.56. The predicted octanol–water partition coefficient (Wildman–Crippen LogP) is 2.29. The SMILES string of the molecule is CCCC(CO)(CO)Cc1c(Br)c(C)nn1CC. The van der Waals surface area contributed by atoms with Gasteiger partial charge in [0.1, 0.15) is 0 Å². The van der Waals surface area contributed by atoms with Crippen LogP contribution in [0.5, 0.6) is 0 Å². The number of halogens is 1. The maximum absolute atomic E-state index is 9.63. The molecule has 0 aliphatic heterocycles. The van der Waals surface area contributed by atoms with Crippen molar-refractivity contribution in [2.45, 2.75) is 46.6 Å². The summed E-state index contributed by atoms with van der Waals surface area (Å²) in [6.07, 6.45) is 2.39. The number of nitrogens with zero attached hydrogens (tertiary/aromatic N) is 2. The van der Waals surface area contributed by atoms with Crippen molar-refractivity contribution in [3.63, 3.8) is 0 Å². The first-order chi connectivity index (χ1) is 8.53. The molecule has 0 atom stereocenters. The van der Waals surface area contributed by atoms with E-state index in [1.54, 1.807) is 0 Å². The molecule has 0 saturated heterocycles. The first-order valence-electron chi connectivity index (χ1n) is 6.47. The molecule has 18 heavy (non-hydrogen) atoms. The molecule has 1 heterocycles. The molecule has 0 saturated carbocycles. The summed E-state index contributed by atoms with van der Waals surface area (Å²) in [5.41, 5.74) is 1.57. The fourth-order valence-electron chi connectivity index (χ4n) is 2.33. The van der Waals surface area contributed by atoms with E-state index in [9.17, 15) is 10.2 Å². The highest BCUT2D eigenvalue weighted by molar-refractivity contribution is 9.10. The second-order valence-corrected chi connectivity index (χ2v) is 5.70. The standard InChI is InChI=1S/C13H23BrN2O2/c1-4-6-13(8-17,9-18)7-11-12(14)10(3)15-16(11)5-2/h17-18H,4-9H2,1-3H3. The van der Waals surface area contributed by atoms with E-state index in [2.05, 4.69) is 28.0 Å². The van der Waals surface area contributed by atoms with Gasteiger partial charge in [-0.1, -0.05) is 13.3 Å². The van der Waals surface area contributed by atoms with Crippen LogP contribution in [0.15, 0.2) is 4.47 Å². The molecule has 0 radical (unpaired) electrons. The quantitative estimate of drug-likeness (QED) is 0.811. The maximum atomic E-state index is 9.63. The van der Waals surface area contributed by atoms with Gasteiger partial charge in [-0.25, -0.2) is 0 Å². The third-order valence-electron chi connectivity index (χ3n) is 3.45. The van der Waals surface area contributed by atoms with Gasteiger partial charge in [0.15, 0.2) is 0 Å². The average Bonchev–Trinajstić information content (AvgIpc) is 2.65. The topological polar surface area (TPSA) is 58.3 Å². The van der Waals surface area contributed by atoms with Crippen LogP contribution in [0.1, 0.15) is 38.1 Å². The second-order valence-electron chi connectivity index (χ2n) is 4.90. The minimum atomic E-state index is -0.448. The third kappa shape index (κ3) is 3.13. The van der Waals surface area contributed by atoms with Crippen LogP contribution in [0.25, 0.3) is 0 Å². The smallest absolute Gasteiger partial charge is 0.0738 e. The molecule has 0 amide bonds. The van der Waals surface area contributed by atoms with E-state index >= 15 is 0 Å². The average molecular weight is 319 g/mol. The van der Waals surface area contributed by atoms with Gasteiger partial charge in [-0.05, 0) is 36.2 Å². The first kappa shape index (κ1) is 15.7. The highest BCUT2D eigenvalue weighted by Gasteiger charge is 2.31. The van der Waals surface area contributed by atoms with Crippen molar-refractivity contribution in [2.24, 2.45) is 5.41 Å². The third-order valence-corrected chi connectivity index (χ3v) is 4.48. The normalized spacial score (nSPS) is 12.1. The van der Waals surface area contributed by atoms with Crippen molar-refractivity contribution in [3.8, 4) is 0 Å². The van der Waals surface area contributed by atoms with Gasteiger partial charge in [0.05, 0.1) is 29.1 Å². The maximum Gasteiger partial charge on any atom is 0.0738 e. The number of aryl methyl sites for hydroxylation is 2. The van der Waals surface area contributed by atoms with Gasteiger partial charge in [-0.3, -0.25) is 4.68 Å². The molecule has 1 aromatic rings. The van der Waals surface area contributed by atoms with Crippen LogP contribution in [-0.2, 0) is 13.0 Å². The first-order valence-corrected chi connectivity index (χ1v) is 7.26. The second kappa shape index (κ2) is 6.68. The van der Waals surface area contributed by atoms with Gasteiger partial charge < -0.3 is 10.2 Å². The van der Waals surface area contributed by atoms with E-state index in [1.165, 1.54) is 0 Å². The summed E-state index contributed by atoms with van der Waals surface area (Å²) in [7, 11) is 0. The predicted molar refractivity (Wildman–Crippen MR) is 75.6 cm³/mol. The molecule has 1 aromatic heterocycles. The van der Waals surface area contributed by atoms with E-state index in [0.717, 1.165) is 35.2 Å². The lowest BCUT2D eigenvalue weighted by molar-refractivity contribution is 0.0448. The van der Waals surface area contributed by atoms with Crippen LogP contribution >= 0.6 is 15.9 Å².